The van der Waals surface area contributed by atoms with Crippen molar-refractivity contribution in [2.75, 3.05) is 44.2 Å². The summed E-state index contributed by atoms with van der Waals surface area (Å²) >= 11 is 0. The van der Waals surface area contributed by atoms with Gasteiger partial charge in [0.05, 0.1) is 18.2 Å². The maximum atomic E-state index is 12.9. The van der Waals surface area contributed by atoms with Gasteiger partial charge in [0.25, 0.3) is 0 Å². The van der Waals surface area contributed by atoms with Gasteiger partial charge in [-0.2, -0.15) is 0 Å². The molecule has 2 aromatic carbocycles. The predicted octanol–water partition coefficient (Wildman–Crippen LogP) is 2.68. The van der Waals surface area contributed by atoms with E-state index in [4.69, 9.17) is 4.74 Å². The van der Waals surface area contributed by atoms with Gasteiger partial charge in [-0.1, -0.05) is 48.5 Å². The molecule has 1 fully saturated rings. The quantitative estimate of drug-likeness (QED) is 0.703. The number of urea groups is 1. The van der Waals surface area contributed by atoms with Crippen LogP contribution in [0.25, 0.3) is 0 Å². The zero-order valence-corrected chi connectivity index (χ0v) is 17.7. The molecule has 0 aliphatic carbocycles. The molecule has 1 saturated heterocycles. The third-order valence-corrected chi connectivity index (χ3v) is 5.66. The first kappa shape index (κ1) is 20.9. The first-order valence-electron chi connectivity index (χ1n) is 10.7. The van der Waals surface area contributed by atoms with Crippen molar-refractivity contribution < 1.29 is 14.3 Å². The maximum Gasteiger partial charge on any atom is 0.338 e. The highest BCUT2D eigenvalue weighted by Crippen LogP contribution is 2.28. The van der Waals surface area contributed by atoms with Crippen LogP contribution in [0.2, 0.25) is 0 Å². The Morgan fingerprint density at radius 1 is 1.00 bits per heavy atom. The van der Waals surface area contributed by atoms with E-state index in [2.05, 4.69) is 32.6 Å². The molecular weight excluding hydrogens is 392 g/mol. The molecule has 7 heteroatoms. The third kappa shape index (κ3) is 4.88. The Balaban J connectivity index is 1.55. The van der Waals surface area contributed by atoms with Gasteiger partial charge in [-0.3, -0.25) is 4.90 Å². The van der Waals surface area contributed by atoms with Crippen molar-refractivity contribution in [3.05, 3.63) is 77.5 Å². The van der Waals surface area contributed by atoms with Gasteiger partial charge in [-0.15, -0.1) is 0 Å². The molecule has 0 aromatic heterocycles. The summed E-state index contributed by atoms with van der Waals surface area (Å²) in [6.07, 6.45) is 0. The molecular formula is C24H28N4O3. The number of benzene rings is 2. The minimum absolute atomic E-state index is 0.279. The van der Waals surface area contributed by atoms with Crippen LogP contribution in [0.1, 0.15) is 18.5 Å². The lowest BCUT2D eigenvalue weighted by atomic mass is 9.95. The van der Waals surface area contributed by atoms with Gasteiger partial charge in [0.2, 0.25) is 0 Å². The summed E-state index contributed by atoms with van der Waals surface area (Å²) in [6, 6.07) is 19.0. The highest BCUT2D eigenvalue weighted by atomic mass is 16.5. The lowest BCUT2D eigenvalue weighted by Gasteiger charge is -2.38. The Kier molecular flexibility index (Phi) is 6.52. The van der Waals surface area contributed by atoms with Gasteiger partial charge >= 0.3 is 12.0 Å². The van der Waals surface area contributed by atoms with E-state index in [-0.39, 0.29) is 12.6 Å². The first-order valence-corrected chi connectivity index (χ1v) is 10.7. The summed E-state index contributed by atoms with van der Waals surface area (Å²) in [7, 11) is 0. The number of nitrogens with zero attached hydrogens (tertiary/aromatic N) is 2. The average Bonchev–Trinajstić information content (AvgIpc) is 2.80. The molecule has 2 heterocycles. The fourth-order valence-corrected chi connectivity index (χ4v) is 4.11. The number of hydrogen-bond donors (Lipinski definition) is 2. The number of carbonyl (C=O) groups is 2. The van der Waals surface area contributed by atoms with Gasteiger partial charge in [-0.25, -0.2) is 9.59 Å². The van der Waals surface area contributed by atoms with Gasteiger partial charge < -0.3 is 20.3 Å². The number of anilines is 1. The maximum absolute atomic E-state index is 12.9. The van der Waals surface area contributed by atoms with Gasteiger partial charge in [0.15, 0.2) is 0 Å². The number of ether oxygens (including phenoxy) is 1. The second-order valence-electron chi connectivity index (χ2n) is 7.65. The topological polar surface area (TPSA) is 73.9 Å². The number of nitrogens with one attached hydrogen (secondary N) is 2. The van der Waals surface area contributed by atoms with Crippen LogP contribution < -0.4 is 15.5 Å². The van der Waals surface area contributed by atoms with Gasteiger partial charge in [0.1, 0.15) is 0 Å². The van der Waals surface area contributed by atoms with Crippen LogP contribution >= 0.6 is 0 Å². The van der Waals surface area contributed by atoms with E-state index in [1.165, 1.54) is 5.69 Å². The van der Waals surface area contributed by atoms with Crippen molar-refractivity contribution in [1.82, 2.24) is 15.5 Å². The molecule has 2 amide bonds. The Hall–Kier alpha value is -3.32. The van der Waals surface area contributed by atoms with Crippen molar-refractivity contribution in [2.45, 2.75) is 13.0 Å². The van der Waals surface area contributed by atoms with E-state index in [0.717, 1.165) is 31.7 Å². The minimum atomic E-state index is -0.533. The van der Waals surface area contributed by atoms with Crippen molar-refractivity contribution in [2.24, 2.45) is 0 Å². The molecule has 2 aliphatic heterocycles. The fourth-order valence-electron chi connectivity index (χ4n) is 4.11. The second kappa shape index (κ2) is 9.66. The van der Waals surface area contributed by atoms with Gasteiger partial charge in [0, 0.05) is 44.1 Å². The molecule has 31 heavy (non-hydrogen) atoms. The van der Waals surface area contributed by atoms with E-state index in [0.29, 0.717) is 17.8 Å². The molecule has 4 rings (SSSR count). The molecule has 0 saturated carbocycles. The predicted molar refractivity (Wildman–Crippen MR) is 120 cm³/mol. The number of rotatable bonds is 6. The molecule has 0 radical (unpaired) electrons. The highest BCUT2D eigenvalue weighted by molar-refractivity contribution is 5.95. The van der Waals surface area contributed by atoms with Gasteiger partial charge in [-0.05, 0) is 24.6 Å². The molecule has 0 bridgehead atoms. The van der Waals surface area contributed by atoms with Crippen LogP contribution in [-0.4, -0.2) is 56.2 Å². The molecule has 2 aliphatic rings. The molecule has 2 N–H and O–H groups in total. The number of para-hydroxylation sites is 1. The van der Waals surface area contributed by atoms with Crippen LogP contribution in [0.15, 0.2) is 71.9 Å². The molecule has 1 unspecified atom stereocenters. The van der Waals surface area contributed by atoms with Crippen molar-refractivity contribution in [3.63, 3.8) is 0 Å². The number of hydrogen-bond acceptors (Lipinski definition) is 5. The van der Waals surface area contributed by atoms with E-state index in [1.807, 2.05) is 48.5 Å². The molecule has 1 atom stereocenters. The Morgan fingerprint density at radius 3 is 2.29 bits per heavy atom. The van der Waals surface area contributed by atoms with Crippen LogP contribution in [0, 0.1) is 0 Å². The van der Waals surface area contributed by atoms with Crippen molar-refractivity contribution in [3.8, 4) is 0 Å². The molecule has 0 spiro atoms. The number of piperazine rings is 1. The van der Waals surface area contributed by atoms with Crippen molar-refractivity contribution in [1.29, 1.82) is 0 Å². The standard InChI is InChI=1S/C24H28N4O3/c1-2-31-23(29)21-20(25-24(30)26-22(21)18-9-5-3-6-10-18)17-27-13-15-28(16-14-27)19-11-7-4-8-12-19/h3-12,22H,2,13-17H2,1H3,(H2,25,26,30). The van der Waals surface area contributed by atoms with Crippen LogP contribution in [-0.2, 0) is 9.53 Å². The molecule has 162 valence electrons. The zero-order chi connectivity index (χ0) is 21.6. The highest BCUT2D eigenvalue weighted by Gasteiger charge is 2.34. The van der Waals surface area contributed by atoms with E-state index in [1.54, 1.807) is 6.92 Å². The van der Waals surface area contributed by atoms with Crippen LogP contribution in [0.4, 0.5) is 10.5 Å². The van der Waals surface area contributed by atoms with Crippen LogP contribution in [0.3, 0.4) is 0 Å². The Bertz CT molecular complexity index is 938. The number of carbonyl (C=O) groups excluding carboxylic acids is 2. The van der Waals surface area contributed by atoms with Crippen molar-refractivity contribution >= 4 is 17.7 Å². The monoisotopic (exact) mass is 420 g/mol. The second-order valence-corrected chi connectivity index (χ2v) is 7.65. The fraction of sp³-hybridized carbons (Fsp3) is 0.333. The SMILES string of the molecule is CCOC(=O)C1=C(CN2CCN(c3ccccc3)CC2)NC(=O)NC1c1ccccc1. The van der Waals surface area contributed by atoms with Crippen LogP contribution in [0.5, 0.6) is 0 Å². The molecule has 2 aromatic rings. The lowest BCUT2D eigenvalue weighted by Crippen LogP contribution is -2.51. The number of esters is 1. The summed E-state index contributed by atoms with van der Waals surface area (Å²) in [5, 5.41) is 5.75. The minimum Gasteiger partial charge on any atom is -0.463 e. The summed E-state index contributed by atoms with van der Waals surface area (Å²) in [5.41, 5.74) is 3.15. The normalized spacial score (nSPS) is 19.6. The Morgan fingerprint density at radius 2 is 1.65 bits per heavy atom. The van der Waals surface area contributed by atoms with E-state index < -0.39 is 12.0 Å². The summed E-state index contributed by atoms with van der Waals surface area (Å²) in [4.78, 5) is 29.9. The first-order chi connectivity index (χ1) is 15.2. The average molecular weight is 421 g/mol. The smallest absolute Gasteiger partial charge is 0.338 e. The summed E-state index contributed by atoms with van der Waals surface area (Å²) in [6.45, 7) is 6.02. The largest absolute Gasteiger partial charge is 0.463 e. The third-order valence-electron chi connectivity index (χ3n) is 5.66. The van der Waals surface area contributed by atoms with E-state index >= 15 is 0 Å². The Labute approximate surface area is 182 Å². The summed E-state index contributed by atoms with van der Waals surface area (Å²) < 4.78 is 5.35. The number of amides is 2. The molecule has 7 nitrogen and oxygen atoms in total. The lowest BCUT2D eigenvalue weighted by molar-refractivity contribution is -0.139. The zero-order valence-electron chi connectivity index (χ0n) is 17.7. The summed E-state index contributed by atoms with van der Waals surface area (Å²) in [5.74, 6) is -0.401. The van der Waals surface area contributed by atoms with E-state index in [9.17, 15) is 9.59 Å².